The van der Waals surface area contributed by atoms with Crippen LogP contribution >= 0.6 is 0 Å². The molecule has 0 spiro atoms. The molecule has 0 aromatic heterocycles. The van der Waals surface area contributed by atoms with Crippen LogP contribution < -0.4 is 5.32 Å². The Kier molecular flexibility index (Phi) is 6.96. The molecule has 0 heterocycles. The molecule has 1 unspecified atom stereocenters. The molecule has 102 valence electrons. The van der Waals surface area contributed by atoms with Crippen LogP contribution in [0.3, 0.4) is 0 Å². The second kappa shape index (κ2) is 8.25. The van der Waals surface area contributed by atoms with E-state index >= 15 is 0 Å². The zero-order chi connectivity index (χ0) is 13.4. The van der Waals surface area contributed by atoms with Gasteiger partial charge in [0, 0.05) is 12.1 Å². The third kappa shape index (κ3) is 5.63. The average Bonchev–Trinajstić information content (AvgIpc) is 2.34. The van der Waals surface area contributed by atoms with E-state index < -0.39 is 0 Å². The molecule has 1 N–H and O–H groups in total. The molecule has 0 aliphatic rings. The van der Waals surface area contributed by atoms with Crippen molar-refractivity contribution in [2.24, 2.45) is 0 Å². The topological polar surface area (TPSA) is 12.0 Å². The summed E-state index contributed by atoms with van der Waals surface area (Å²) in [6.07, 6.45) is 6.39. The standard InChI is InChI=1S/C16H26FN/c1-4-5-6-7-9-13(2)18-14(3)15-10-8-11-16(17)12-15/h8,10-14,18H,4-7,9H2,1-3H3/t13?,14-/m0/s1. The summed E-state index contributed by atoms with van der Waals surface area (Å²) in [5, 5.41) is 3.53. The van der Waals surface area contributed by atoms with Crippen LogP contribution in [0.4, 0.5) is 4.39 Å². The molecule has 1 aromatic carbocycles. The fourth-order valence-electron chi connectivity index (χ4n) is 2.26. The molecule has 0 aliphatic heterocycles. The molecule has 0 aliphatic carbocycles. The van der Waals surface area contributed by atoms with Gasteiger partial charge in [-0.15, -0.1) is 0 Å². The zero-order valence-corrected chi connectivity index (χ0v) is 11.9. The molecule has 0 fully saturated rings. The molecule has 1 rings (SSSR count). The summed E-state index contributed by atoms with van der Waals surface area (Å²) in [7, 11) is 0. The summed E-state index contributed by atoms with van der Waals surface area (Å²) < 4.78 is 13.1. The number of benzene rings is 1. The molecule has 0 saturated heterocycles. The average molecular weight is 251 g/mol. The normalized spacial score (nSPS) is 14.4. The lowest BCUT2D eigenvalue weighted by Gasteiger charge is -2.20. The van der Waals surface area contributed by atoms with Gasteiger partial charge in [-0.05, 0) is 38.0 Å². The van der Waals surface area contributed by atoms with E-state index in [1.54, 1.807) is 12.1 Å². The number of rotatable bonds is 8. The first-order valence-corrected chi connectivity index (χ1v) is 7.15. The van der Waals surface area contributed by atoms with Crippen molar-refractivity contribution in [3.63, 3.8) is 0 Å². The Bertz CT molecular complexity index is 338. The van der Waals surface area contributed by atoms with Gasteiger partial charge in [-0.1, -0.05) is 44.7 Å². The van der Waals surface area contributed by atoms with Gasteiger partial charge in [-0.2, -0.15) is 0 Å². The Balaban J connectivity index is 2.32. The maximum atomic E-state index is 13.1. The Morgan fingerprint density at radius 3 is 2.61 bits per heavy atom. The maximum absolute atomic E-state index is 13.1. The Morgan fingerprint density at radius 2 is 1.94 bits per heavy atom. The van der Waals surface area contributed by atoms with Gasteiger partial charge in [0.1, 0.15) is 5.82 Å². The molecule has 2 heteroatoms. The van der Waals surface area contributed by atoms with Crippen molar-refractivity contribution in [3.05, 3.63) is 35.6 Å². The number of hydrogen-bond donors (Lipinski definition) is 1. The second-order valence-electron chi connectivity index (χ2n) is 5.19. The fraction of sp³-hybridized carbons (Fsp3) is 0.625. The second-order valence-corrected chi connectivity index (χ2v) is 5.19. The van der Waals surface area contributed by atoms with Crippen LogP contribution in [0, 0.1) is 5.82 Å². The van der Waals surface area contributed by atoms with Gasteiger partial charge in [0.25, 0.3) is 0 Å². The van der Waals surface area contributed by atoms with E-state index in [1.165, 1.54) is 38.2 Å². The predicted octanol–water partition coefficient (Wildman–Crippen LogP) is 4.84. The molecule has 0 bridgehead atoms. The molecule has 1 nitrogen and oxygen atoms in total. The van der Waals surface area contributed by atoms with Gasteiger partial charge in [0.2, 0.25) is 0 Å². The molecule has 18 heavy (non-hydrogen) atoms. The van der Waals surface area contributed by atoms with E-state index in [-0.39, 0.29) is 11.9 Å². The lowest BCUT2D eigenvalue weighted by Crippen LogP contribution is -2.28. The monoisotopic (exact) mass is 251 g/mol. The molecule has 2 atom stereocenters. The minimum Gasteiger partial charge on any atom is -0.308 e. The van der Waals surface area contributed by atoms with E-state index in [9.17, 15) is 4.39 Å². The van der Waals surface area contributed by atoms with Gasteiger partial charge < -0.3 is 5.32 Å². The molecular formula is C16H26FN. The predicted molar refractivity (Wildman–Crippen MR) is 76.2 cm³/mol. The highest BCUT2D eigenvalue weighted by Crippen LogP contribution is 2.15. The summed E-state index contributed by atoms with van der Waals surface area (Å²) in [5.41, 5.74) is 1.02. The number of halogens is 1. The largest absolute Gasteiger partial charge is 0.308 e. The van der Waals surface area contributed by atoms with E-state index in [0.29, 0.717) is 6.04 Å². The van der Waals surface area contributed by atoms with Crippen molar-refractivity contribution in [2.45, 2.75) is 65.0 Å². The minimum atomic E-state index is -0.156. The first-order valence-electron chi connectivity index (χ1n) is 7.15. The number of unbranched alkanes of at least 4 members (excludes halogenated alkanes) is 3. The van der Waals surface area contributed by atoms with Crippen LogP contribution in [0.2, 0.25) is 0 Å². The van der Waals surface area contributed by atoms with Crippen molar-refractivity contribution in [1.82, 2.24) is 5.32 Å². The van der Waals surface area contributed by atoms with Crippen LogP contribution in [-0.2, 0) is 0 Å². The molecule has 0 saturated carbocycles. The summed E-state index contributed by atoms with van der Waals surface area (Å²) in [6.45, 7) is 6.53. The number of hydrogen-bond acceptors (Lipinski definition) is 1. The van der Waals surface area contributed by atoms with E-state index in [1.807, 2.05) is 6.07 Å². The Hall–Kier alpha value is -0.890. The van der Waals surface area contributed by atoms with Gasteiger partial charge >= 0.3 is 0 Å². The van der Waals surface area contributed by atoms with Crippen LogP contribution in [0.1, 0.15) is 64.5 Å². The van der Waals surface area contributed by atoms with Gasteiger partial charge in [0.15, 0.2) is 0 Å². The van der Waals surface area contributed by atoms with Crippen LogP contribution in [-0.4, -0.2) is 6.04 Å². The highest BCUT2D eigenvalue weighted by Gasteiger charge is 2.09. The highest BCUT2D eigenvalue weighted by molar-refractivity contribution is 5.19. The van der Waals surface area contributed by atoms with E-state index in [0.717, 1.165) is 5.56 Å². The molecule has 0 amide bonds. The van der Waals surface area contributed by atoms with Gasteiger partial charge in [0.05, 0.1) is 0 Å². The SMILES string of the molecule is CCCCCCC(C)N[C@@H](C)c1cccc(F)c1. The van der Waals surface area contributed by atoms with E-state index in [2.05, 4.69) is 26.1 Å². The summed E-state index contributed by atoms with van der Waals surface area (Å²) >= 11 is 0. The first kappa shape index (κ1) is 15.2. The van der Waals surface area contributed by atoms with Crippen molar-refractivity contribution < 1.29 is 4.39 Å². The molecule has 0 radical (unpaired) electrons. The summed E-state index contributed by atoms with van der Waals surface area (Å²) in [5.74, 6) is -0.156. The Labute approximate surface area is 111 Å². The maximum Gasteiger partial charge on any atom is 0.123 e. The smallest absolute Gasteiger partial charge is 0.123 e. The third-order valence-electron chi connectivity index (χ3n) is 3.37. The lowest BCUT2D eigenvalue weighted by atomic mass is 10.0. The van der Waals surface area contributed by atoms with Crippen molar-refractivity contribution in [3.8, 4) is 0 Å². The highest BCUT2D eigenvalue weighted by atomic mass is 19.1. The first-order chi connectivity index (χ1) is 8.63. The third-order valence-corrected chi connectivity index (χ3v) is 3.37. The number of nitrogens with one attached hydrogen (secondary N) is 1. The quantitative estimate of drug-likeness (QED) is 0.652. The van der Waals surface area contributed by atoms with Crippen molar-refractivity contribution >= 4 is 0 Å². The van der Waals surface area contributed by atoms with Crippen molar-refractivity contribution in [2.75, 3.05) is 0 Å². The van der Waals surface area contributed by atoms with Crippen LogP contribution in [0.25, 0.3) is 0 Å². The van der Waals surface area contributed by atoms with Gasteiger partial charge in [-0.25, -0.2) is 4.39 Å². The van der Waals surface area contributed by atoms with Crippen LogP contribution in [0.15, 0.2) is 24.3 Å². The van der Waals surface area contributed by atoms with Crippen LogP contribution in [0.5, 0.6) is 0 Å². The summed E-state index contributed by atoms with van der Waals surface area (Å²) in [4.78, 5) is 0. The molecular weight excluding hydrogens is 225 g/mol. The lowest BCUT2D eigenvalue weighted by molar-refractivity contribution is 0.436. The molecule has 1 aromatic rings. The summed E-state index contributed by atoms with van der Waals surface area (Å²) in [6, 6.07) is 7.55. The van der Waals surface area contributed by atoms with E-state index in [4.69, 9.17) is 0 Å². The van der Waals surface area contributed by atoms with Gasteiger partial charge in [-0.3, -0.25) is 0 Å². The van der Waals surface area contributed by atoms with Crippen molar-refractivity contribution in [1.29, 1.82) is 0 Å². The fourth-order valence-corrected chi connectivity index (χ4v) is 2.26. The zero-order valence-electron chi connectivity index (χ0n) is 11.9. The minimum absolute atomic E-state index is 0.156. The Morgan fingerprint density at radius 1 is 1.17 bits per heavy atom.